The van der Waals surface area contributed by atoms with Gasteiger partial charge in [0, 0.05) is 11.8 Å². The molecule has 0 aliphatic carbocycles. The highest BCUT2D eigenvalue weighted by Gasteiger charge is 2.21. The Kier molecular flexibility index (Phi) is 4.98. The molecular formula is C12H28N+. The number of hydrogen-bond acceptors (Lipinski definition) is 0. The van der Waals surface area contributed by atoms with Crippen LogP contribution in [-0.4, -0.2) is 31.7 Å². The van der Waals surface area contributed by atoms with Gasteiger partial charge in [0.05, 0.1) is 27.2 Å². The number of quaternary nitrogens is 1. The van der Waals surface area contributed by atoms with E-state index in [0.717, 1.165) is 22.2 Å². The first kappa shape index (κ1) is 13.0. The molecule has 0 aromatic heterocycles. The summed E-state index contributed by atoms with van der Waals surface area (Å²) < 4.78 is 1.16. The SMILES string of the molecule is CC(C)C[N+](C)(C)CC(C)C(C)C. The molecule has 0 aromatic rings. The quantitative estimate of drug-likeness (QED) is 0.579. The average molecular weight is 186 g/mol. The van der Waals surface area contributed by atoms with Gasteiger partial charge in [-0.1, -0.05) is 34.6 Å². The highest BCUT2D eigenvalue weighted by molar-refractivity contribution is 4.56. The molecular weight excluding hydrogens is 158 g/mol. The van der Waals surface area contributed by atoms with E-state index < -0.39 is 0 Å². The van der Waals surface area contributed by atoms with Gasteiger partial charge in [0.2, 0.25) is 0 Å². The lowest BCUT2D eigenvalue weighted by Gasteiger charge is -2.35. The van der Waals surface area contributed by atoms with Gasteiger partial charge in [-0.2, -0.15) is 0 Å². The number of rotatable bonds is 5. The monoisotopic (exact) mass is 186 g/mol. The van der Waals surface area contributed by atoms with Gasteiger partial charge in [-0.15, -0.1) is 0 Å². The van der Waals surface area contributed by atoms with Crippen molar-refractivity contribution in [1.29, 1.82) is 0 Å². The van der Waals surface area contributed by atoms with Crippen molar-refractivity contribution in [2.45, 2.75) is 34.6 Å². The van der Waals surface area contributed by atoms with E-state index in [9.17, 15) is 0 Å². The Hall–Kier alpha value is -0.0400. The van der Waals surface area contributed by atoms with Crippen LogP contribution in [0.3, 0.4) is 0 Å². The van der Waals surface area contributed by atoms with Crippen LogP contribution in [-0.2, 0) is 0 Å². The lowest BCUT2D eigenvalue weighted by Crippen LogP contribution is -2.46. The van der Waals surface area contributed by atoms with E-state index in [1.807, 2.05) is 0 Å². The number of hydrogen-bond donors (Lipinski definition) is 0. The first-order valence-electron chi connectivity index (χ1n) is 5.56. The second-order valence-electron chi connectivity index (χ2n) is 5.92. The average Bonchev–Trinajstić information content (AvgIpc) is 1.81. The van der Waals surface area contributed by atoms with Crippen molar-refractivity contribution in [2.75, 3.05) is 27.2 Å². The maximum atomic E-state index is 2.37. The summed E-state index contributed by atoms with van der Waals surface area (Å²) in [7, 11) is 4.69. The predicted octanol–water partition coefficient (Wildman–Crippen LogP) is 3.01. The third kappa shape index (κ3) is 6.09. The normalized spacial score (nSPS) is 15.5. The Bertz CT molecular complexity index is 136. The maximum absolute atomic E-state index is 2.37. The van der Waals surface area contributed by atoms with Gasteiger partial charge in [-0.25, -0.2) is 0 Å². The summed E-state index contributed by atoms with van der Waals surface area (Å²) in [5, 5.41) is 0. The van der Waals surface area contributed by atoms with Gasteiger partial charge in [-0.05, 0) is 5.92 Å². The van der Waals surface area contributed by atoms with Gasteiger partial charge in [-0.3, -0.25) is 0 Å². The molecule has 0 bridgehead atoms. The van der Waals surface area contributed by atoms with Gasteiger partial charge < -0.3 is 4.48 Å². The zero-order chi connectivity index (χ0) is 10.6. The van der Waals surface area contributed by atoms with Crippen LogP contribution in [0.15, 0.2) is 0 Å². The lowest BCUT2D eigenvalue weighted by atomic mass is 9.96. The van der Waals surface area contributed by atoms with Crippen molar-refractivity contribution < 1.29 is 4.48 Å². The molecule has 0 amide bonds. The van der Waals surface area contributed by atoms with Crippen molar-refractivity contribution in [2.24, 2.45) is 17.8 Å². The summed E-state index contributed by atoms with van der Waals surface area (Å²) in [4.78, 5) is 0. The fraction of sp³-hybridized carbons (Fsp3) is 1.00. The van der Waals surface area contributed by atoms with Gasteiger partial charge in [0.15, 0.2) is 0 Å². The molecule has 0 N–H and O–H groups in total. The zero-order valence-electron chi connectivity index (χ0n) is 10.6. The standard InChI is InChI=1S/C12H28N/c1-10(2)8-13(6,7)9-12(5)11(3)4/h10-12H,8-9H2,1-7H3/q+1. The molecule has 1 unspecified atom stereocenters. The highest BCUT2D eigenvalue weighted by Crippen LogP contribution is 2.15. The van der Waals surface area contributed by atoms with E-state index in [1.165, 1.54) is 13.1 Å². The summed E-state index contributed by atoms with van der Waals surface area (Å²) in [5.41, 5.74) is 0. The van der Waals surface area contributed by atoms with E-state index >= 15 is 0 Å². The van der Waals surface area contributed by atoms with Gasteiger partial charge in [0.25, 0.3) is 0 Å². The molecule has 0 fully saturated rings. The van der Waals surface area contributed by atoms with E-state index in [4.69, 9.17) is 0 Å². The van der Waals surface area contributed by atoms with Crippen molar-refractivity contribution in [1.82, 2.24) is 0 Å². The van der Waals surface area contributed by atoms with Crippen molar-refractivity contribution in [3.63, 3.8) is 0 Å². The summed E-state index contributed by atoms with van der Waals surface area (Å²) in [6.45, 7) is 14.2. The first-order chi connectivity index (χ1) is 5.74. The van der Waals surface area contributed by atoms with Crippen LogP contribution in [0, 0.1) is 17.8 Å². The van der Waals surface area contributed by atoms with E-state index in [2.05, 4.69) is 48.7 Å². The van der Waals surface area contributed by atoms with E-state index in [0.29, 0.717) is 0 Å². The van der Waals surface area contributed by atoms with Crippen molar-refractivity contribution >= 4 is 0 Å². The lowest BCUT2D eigenvalue weighted by molar-refractivity contribution is -0.896. The molecule has 80 valence electrons. The molecule has 0 aliphatic heterocycles. The molecule has 0 saturated heterocycles. The van der Waals surface area contributed by atoms with Crippen LogP contribution in [0.25, 0.3) is 0 Å². The minimum absolute atomic E-state index is 0.800. The molecule has 1 atom stereocenters. The minimum atomic E-state index is 0.800. The highest BCUT2D eigenvalue weighted by atomic mass is 15.3. The predicted molar refractivity (Wildman–Crippen MR) is 60.7 cm³/mol. The van der Waals surface area contributed by atoms with Crippen LogP contribution < -0.4 is 0 Å². The molecule has 0 radical (unpaired) electrons. The Morgan fingerprint density at radius 1 is 0.846 bits per heavy atom. The minimum Gasteiger partial charge on any atom is -0.328 e. The topological polar surface area (TPSA) is 0 Å². The summed E-state index contributed by atoms with van der Waals surface area (Å²) in [6, 6.07) is 0. The Labute approximate surface area is 84.7 Å². The van der Waals surface area contributed by atoms with Crippen LogP contribution in [0.1, 0.15) is 34.6 Å². The fourth-order valence-electron chi connectivity index (χ4n) is 2.05. The third-order valence-electron chi connectivity index (χ3n) is 2.78. The van der Waals surface area contributed by atoms with Crippen molar-refractivity contribution in [3.8, 4) is 0 Å². The first-order valence-corrected chi connectivity index (χ1v) is 5.56. The van der Waals surface area contributed by atoms with Crippen LogP contribution >= 0.6 is 0 Å². The molecule has 1 heteroatoms. The van der Waals surface area contributed by atoms with E-state index in [-0.39, 0.29) is 0 Å². The largest absolute Gasteiger partial charge is 0.328 e. The molecule has 0 aliphatic rings. The Morgan fingerprint density at radius 2 is 1.31 bits per heavy atom. The smallest absolute Gasteiger partial charge is 0.0810 e. The van der Waals surface area contributed by atoms with Crippen LogP contribution in [0.5, 0.6) is 0 Å². The van der Waals surface area contributed by atoms with Gasteiger partial charge >= 0.3 is 0 Å². The Balaban J connectivity index is 4.00. The maximum Gasteiger partial charge on any atom is 0.0810 e. The second-order valence-corrected chi connectivity index (χ2v) is 5.92. The zero-order valence-corrected chi connectivity index (χ0v) is 10.6. The summed E-state index contributed by atoms with van der Waals surface area (Å²) in [6.07, 6.45) is 0. The third-order valence-corrected chi connectivity index (χ3v) is 2.78. The molecule has 1 nitrogen and oxygen atoms in total. The second kappa shape index (κ2) is 4.99. The Morgan fingerprint density at radius 3 is 1.62 bits per heavy atom. The molecule has 0 aromatic carbocycles. The summed E-state index contributed by atoms with van der Waals surface area (Å²) in [5.74, 6) is 2.44. The van der Waals surface area contributed by atoms with Crippen LogP contribution in [0.2, 0.25) is 0 Å². The molecule has 0 spiro atoms. The molecule has 0 rings (SSSR count). The number of nitrogens with zero attached hydrogens (tertiary/aromatic N) is 1. The molecule has 0 heterocycles. The van der Waals surface area contributed by atoms with Crippen LogP contribution in [0.4, 0.5) is 0 Å². The fourth-order valence-corrected chi connectivity index (χ4v) is 2.05. The van der Waals surface area contributed by atoms with Crippen molar-refractivity contribution in [3.05, 3.63) is 0 Å². The molecule has 0 saturated carbocycles. The van der Waals surface area contributed by atoms with Gasteiger partial charge in [0.1, 0.15) is 0 Å². The summed E-state index contributed by atoms with van der Waals surface area (Å²) >= 11 is 0. The molecule has 13 heavy (non-hydrogen) atoms. The van der Waals surface area contributed by atoms with E-state index in [1.54, 1.807) is 0 Å².